The molecule has 0 fully saturated rings. The van der Waals surface area contributed by atoms with Crippen molar-refractivity contribution >= 4 is 33.7 Å². The summed E-state index contributed by atoms with van der Waals surface area (Å²) in [4.78, 5) is 3.61. The van der Waals surface area contributed by atoms with Crippen LogP contribution in [0.2, 0.25) is 0 Å². The van der Waals surface area contributed by atoms with Crippen LogP contribution in [0.3, 0.4) is 0 Å². The van der Waals surface area contributed by atoms with E-state index < -0.39 is 0 Å². The first-order valence-electron chi connectivity index (χ1n) is 9.27. The van der Waals surface area contributed by atoms with E-state index >= 15 is 0 Å². The Bertz CT molecular complexity index is 1140. The van der Waals surface area contributed by atoms with Crippen molar-refractivity contribution in [1.82, 2.24) is 4.98 Å². The van der Waals surface area contributed by atoms with Crippen LogP contribution in [0.4, 0.5) is 5.69 Å². The summed E-state index contributed by atoms with van der Waals surface area (Å²) in [5, 5.41) is 9.48. The molecule has 1 N–H and O–H groups in total. The first-order chi connectivity index (χ1) is 12.8. The summed E-state index contributed by atoms with van der Waals surface area (Å²) >= 11 is 0. The smallest absolute Gasteiger partial charge is 0.0626 e. The highest BCUT2D eigenvalue weighted by Crippen LogP contribution is 2.31. The maximum Gasteiger partial charge on any atom is 0.0626 e. The SMILES string of the molecule is CCc1ccc(/C=N/N2CCc3ccccc32)c2c1[nH]c1ccccc12. The molecule has 0 atom stereocenters. The van der Waals surface area contributed by atoms with E-state index in [2.05, 4.69) is 77.6 Å². The van der Waals surface area contributed by atoms with Crippen LogP contribution in [-0.2, 0) is 12.8 Å². The predicted octanol–water partition coefficient (Wildman–Crippen LogP) is 5.28. The van der Waals surface area contributed by atoms with E-state index in [1.807, 2.05) is 6.21 Å². The number of aromatic nitrogens is 1. The van der Waals surface area contributed by atoms with Gasteiger partial charge in [-0.1, -0.05) is 55.5 Å². The van der Waals surface area contributed by atoms with Gasteiger partial charge in [0.05, 0.1) is 17.4 Å². The van der Waals surface area contributed by atoms with Gasteiger partial charge in [-0.2, -0.15) is 5.10 Å². The molecule has 1 aliphatic heterocycles. The second kappa shape index (κ2) is 6.03. The summed E-state index contributed by atoms with van der Waals surface area (Å²) in [6.45, 7) is 3.15. The Morgan fingerprint density at radius 1 is 1.04 bits per heavy atom. The summed E-state index contributed by atoms with van der Waals surface area (Å²) in [7, 11) is 0. The van der Waals surface area contributed by atoms with E-state index in [1.165, 1.54) is 44.2 Å². The normalized spacial score (nSPS) is 14.0. The second-order valence-corrected chi connectivity index (χ2v) is 6.83. The molecule has 0 saturated carbocycles. The zero-order valence-corrected chi connectivity index (χ0v) is 14.9. The Labute approximate surface area is 153 Å². The largest absolute Gasteiger partial charge is 0.354 e. The minimum Gasteiger partial charge on any atom is -0.354 e. The van der Waals surface area contributed by atoms with Gasteiger partial charge < -0.3 is 4.98 Å². The molecular formula is C23H21N3. The van der Waals surface area contributed by atoms with Gasteiger partial charge >= 0.3 is 0 Å². The van der Waals surface area contributed by atoms with Crippen molar-refractivity contribution in [3.8, 4) is 0 Å². The van der Waals surface area contributed by atoms with Gasteiger partial charge in [0, 0.05) is 28.4 Å². The number of aryl methyl sites for hydroxylation is 1. The number of nitrogens with zero attached hydrogens (tertiary/aromatic N) is 2. The Kier molecular flexibility index (Phi) is 3.52. The molecule has 0 aliphatic carbocycles. The number of H-pyrrole nitrogens is 1. The molecule has 26 heavy (non-hydrogen) atoms. The predicted molar refractivity (Wildman–Crippen MR) is 110 cm³/mol. The Balaban J connectivity index is 1.64. The van der Waals surface area contributed by atoms with E-state index in [0.717, 1.165) is 19.4 Å². The van der Waals surface area contributed by atoms with Gasteiger partial charge in [0.25, 0.3) is 0 Å². The maximum atomic E-state index is 4.82. The average molecular weight is 339 g/mol. The first-order valence-corrected chi connectivity index (χ1v) is 9.27. The van der Waals surface area contributed by atoms with Crippen molar-refractivity contribution in [2.45, 2.75) is 19.8 Å². The van der Waals surface area contributed by atoms with Crippen molar-refractivity contribution < 1.29 is 0 Å². The molecule has 0 bridgehead atoms. The molecule has 5 rings (SSSR count). The third kappa shape index (κ3) is 2.31. The number of aromatic amines is 1. The van der Waals surface area contributed by atoms with Gasteiger partial charge in [-0.25, -0.2) is 0 Å². The van der Waals surface area contributed by atoms with Crippen LogP contribution in [0.15, 0.2) is 65.8 Å². The minimum absolute atomic E-state index is 0.944. The lowest BCUT2D eigenvalue weighted by atomic mass is 10.0. The molecule has 1 aromatic heterocycles. The Hall–Kier alpha value is -3.07. The van der Waals surface area contributed by atoms with Gasteiger partial charge in [0.1, 0.15) is 0 Å². The number of hydrazone groups is 1. The maximum absolute atomic E-state index is 4.82. The van der Waals surface area contributed by atoms with Crippen LogP contribution in [0, 0.1) is 0 Å². The zero-order chi connectivity index (χ0) is 17.5. The van der Waals surface area contributed by atoms with Crippen molar-refractivity contribution in [2.75, 3.05) is 11.6 Å². The van der Waals surface area contributed by atoms with Gasteiger partial charge in [0.2, 0.25) is 0 Å². The molecule has 3 nitrogen and oxygen atoms in total. The monoisotopic (exact) mass is 339 g/mol. The number of benzene rings is 3. The molecule has 0 unspecified atom stereocenters. The molecule has 128 valence electrons. The number of anilines is 1. The van der Waals surface area contributed by atoms with Crippen LogP contribution in [0.25, 0.3) is 21.8 Å². The third-order valence-electron chi connectivity index (χ3n) is 5.36. The number of nitrogens with one attached hydrogen (secondary N) is 1. The standard InChI is InChI=1S/C23H21N3/c1-2-16-11-12-18(22-19-8-4-5-9-20(19)25-23(16)22)15-24-26-14-13-17-7-3-6-10-21(17)26/h3-12,15,25H,2,13-14H2,1H3/b24-15+. The molecular weight excluding hydrogens is 318 g/mol. The average Bonchev–Trinajstić information content (AvgIpc) is 3.28. The molecule has 0 radical (unpaired) electrons. The lowest BCUT2D eigenvalue weighted by Crippen LogP contribution is -2.12. The molecule has 4 aromatic rings. The van der Waals surface area contributed by atoms with E-state index in [-0.39, 0.29) is 0 Å². The van der Waals surface area contributed by atoms with Crippen LogP contribution >= 0.6 is 0 Å². The summed E-state index contributed by atoms with van der Waals surface area (Å²) in [6.07, 6.45) is 4.09. The summed E-state index contributed by atoms with van der Waals surface area (Å²) in [5.41, 5.74) is 7.54. The molecule has 3 heteroatoms. The van der Waals surface area contributed by atoms with Gasteiger partial charge in [-0.15, -0.1) is 0 Å². The van der Waals surface area contributed by atoms with Crippen molar-refractivity contribution in [2.24, 2.45) is 5.10 Å². The second-order valence-electron chi connectivity index (χ2n) is 6.83. The van der Waals surface area contributed by atoms with E-state index in [9.17, 15) is 0 Å². The van der Waals surface area contributed by atoms with Crippen molar-refractivity contribution in [3.63, 3.8) is 0 Å². The number of rotatable bonds is 3. The topological polar surface area (TPSA) is 31.4 Å². The van der Waals surface area contributed by atoms with Gasteiger partial charge in [-0.3, -0.25) is 5.01 Å². The van der Waals surface area contributed by atoms with Crippen LogP contribution in [-0.4, -0.2) is 17.7 Å². The fraction of sp³-hybridized carbons (Fsp3) is 0.174. The zero-order valence-electron chi connectivity index (χ0n) is 14.9. The molecule has 2 heterocycles. The summed E-state index contributed by atoms with van der Waals surface area (Å²) in [5.74, 6) is 0. The van der Waals surface area contributed by atoms with Crippen molar-refractivity contribution in [1.29, 1.82) is 0 Å². The summed E-state index contributed by atoms with van der Waals surface area (Å²) < 4.78 is 0. The summed E-state index contributed by atoms with van der Waals surface area (Å²) in [6, 6.07) is 21.5. The van der Waals surface area contributed by atoms with E-state index in [4.69, 9.17) is 5.10 Å². The molecule has 0 amide bonds. The van der Waals surface area contributed by atoms with Gasteiger partial charge in [-0.05, 0) is 36.1 Å². The highest BCUT2D eigenvalue weighted by Gasteiger charge is 2.17. The minimum atomic E-state index is 0.944. The highest BCUT2D eigenvalue weighted by molar-refractivity contribution is 6.15. The van der Waals surface area contributed by atoms with Crippen LogP contribution < -0.4 is 5.01 Å². The van der Waals surface area contributed by atoms with Gasteiger partial charge in [0.15, 0.2) is 0 Å². The fourth-order valence-electron chi connectivity index (χ4n) is 4.01. The molecule has 3 aromatic carbocycles. The number of fused-ring (bicyclic) bond motifs is 4. The fourth-order valence-corrected chi connectivity index (χ4v) is 4.01. The third-order valence-corrected chi connectivity index (χ3v) is 5.36. The van der Waals surface area contributed by atoms with E-state index in [1.54, 1.807) is 0 Å². The lowest BCUT2D eigenvalue weighted by molar-refractivity contribution is 0.896. The lowest BCUT2D eigenvalue weighted by Gasteiger charge is -2.12. The molecule has 1 aliphatic rings. The van der Waals surface area contributed by atoms with E-state index in [0.29, 0.717) is 0 Å². The van der Waals surface area contributed by atoms with Crippen LogP contribution in [0.5, 0.6) is 0 Å². The number of hydrogen-bond acceptors (Lipinski definition) is 2. The first kappa shape index (κ1) is 15.2. The number of para-hydroxylation sites is 2. The molecule has 0 saturated heterocycles. The van der Waals surface area contributed by atoms with Crippen molar-refractivity contribution in [3.05, 3.63) is 77.4 Å². The quantitative estimate of drug-likeness (QED) is 0.506. The Morgan fingerprint density at radius 2 is 1.88 bits per heavy atom. The van der Waals surface area contributed by atoms with Crippen LogP contribution in [0.1, 0.15) is 23.6 Å². The Morgan fingerprint density at radius 3 is 2.81 bits per heavy atom. The number of hydrogen-bond donors (Lipinski definition) is 1. The molecule has 0 spiro atoms. The highest BCUT2D eigenvalue weighted by atomic mass is 15.5.